The Hall–Kier alpha value is -0.850. The predicted molar refractivity (Wildman–Crippen MR) is 59.5 cm³/mol. The number of hydrogen-bond acceptors (Lipinski definition) is 1. The van der Waals surface area contributed by atoms with Crippen LogP contribution in [0.1, 0.15) is 5.56 Å². The van der Waals surface area contributed by atoms with E-state index in [1.807, 2.05) is 22.6 Å². The molecule has 0 unspecified atom stereocenters. The molecule has 0 atom stereocenters. The second-order valence-corrected chi connectivity index (χ2v) is 4.15. The minimum absolute atomic E-state index is 0.150. The fourth-order valence-corrected chi connectivity index (χ4v) is 2.02. The highest BCUT2D eigenvalue weighted by Crippen LogP contribution is 2.34. The van der Waals surface area contributed by atoms with Gasteiger partial charge in [0, 0.05) is 15.2 Å². The lowest BCUT2D eigenvalue weighted by atomic mass is 10.1. The van der Waals surface area contributed by atoms with Crippen LogP contribution in [-0.2, 0) is 6.18 Å². The van der Waals surface area contributed by atoms with Crippen LogP contribution in [0.4, 0.5) is 13.2 Å². The largest absolute Gasteiger partial charge is 0.417 e. The highest BCUT2D eigenvalue weighted by atomic mass is 127. The molecule has 0 saturated carbocycles. The summed E-state index contributed by atoms with van der Waals surface area (Å²) in [6.45, 7) is 0. The van der Waals surface area contributed by atoms with Crippen LogP contribution >= 0.6 is 22.6 Å². The molecule has 0 aliphatic heterocycles. The molecule has 1 aromatic carbocycles. The van der Waals surface area contributed by atoms with Crippen molar-refractivity contribution in [2.24, 2.45) is 0 Å². The Bertz CT molecular complexity index is 507. The summed E-state index contributed by atoms with van der Waals surface area (Å²) in [7, 11) is 0. The molecule has 1 nitrogen and oxygen atoms in total. The van der Waals surface area contributed by atoms with Gasteiger partial charge in [-0.25, -0.2) is 0 Å². The van der Waals surface area contributed by atoms with E-state index in [-0.39, 0.29) is 5.39 Å². The maximum atomic E-state index is 12.6. The van der Waals surface area contributed by atoms with Crippen LogP contribution < -0.4 is 0 Å². The molecule has 1 heterocycles. The van der Waals surface area contributed by atoms with Gasteiger partial charge in [-0.05, 0) is 34.7 Å². The third kappa shape index (κ3) is 1.92. The van der Waals surface area contributed by atoms with Gasteiger partial charge in [-0.2, -0.15) is 13.2 Å². The zero-order valence-corrected chi connectivity index (χ0v) is 9.50. The average Bonchev–Trinajstić information content (AvgIpc) is 2.16. The molecular formula is C10H5F3IN. The molecule has 0 spiro atoms. The number of para-hydroxylation sites is 1. The molecule has 1 aromatic heterocycles. The van der Waals surface area contributed by atoms with Gasteiger partial charge in [0.2, 0.25) is 0 Å². The van der Waals surface area contributed by atoms with E-state index in [9.17, 15) is 13.2 Å². The Morgan fingerprint density at radius 2 is 1.87 bits per heavy atom. The van der Waals surface area contributed by atoms with Gasteiger partial charge in [0.15, 0.2) is 0 Å². The molecular weight excluding hydrogens is 318 g/mol. The van der Waals surface area contributed by atoms with Gasteiger partial charge in [0.25, 0.3) is 0 Å². The van der Waals surface area contributed by atoms with Gasteiger partial charge in [-0.3, -0.25) is 4.98 Å². The van der Waals surface area contributed by atoms with Crippen molar-refractivity contribution < 1.29 is 13.2 Å². The molecule has 0 aliphatic carbocycles. The van der Waals surface area contributed by atoms with Gasteiger partial charge < -0.3 is 0 Å². The Kier molecular flexibility index (Phi) is 2.57. The monoisotopic (exact) mass is 323 g/mol. The number of halogens is 4. The number of rotatable bonds is 0. The molecule has 2 aromatic rings. The van der Waals surface area contributed by atoms with Crippen molar-refractivity contribution >= 4 is 33.5 Å². The maximum Gasteiger partial charge on any atom is 0.417 e. The molecule has 0 amide bonds. The van der Waals surface area contributed by atoms with E-state index in [2.05, 4.69) is 4.98 Å². The van der Waals surface area contributed by atoms with Crippen LogP contribution in [0.3, 0.4) is 0 Å². The quantitative estimate of drug-likeness (QED) is 0.671. The second kappa shape index (κ2) is 3.62. The van der Waals surface area contributed by atoms with Crippen molar-refractivity contribution in [1.29, 1.82) is 0 Å². The smallest absolute Gasteiger partial charge is 0.255 e. The Morgan fingerprint density at radius 3 is 2.53 bits per heavy atom. The summed E-state index contributed by atoms with van der Waals surface area (Å²) in [5.41, 5.74) is -0.237. The van der Waals surface area contributed by atoms with E-state index in [0.717, 1.165) is 9.64 Å². The number of pyridine rings is 1. The summed E-state index contributed by atoms with van der Waals surface area (Å²) in [4.78, 5) is 3.95. The number of nitrogens with zero attached hydrogens (tertiary/aromatic N) is 1. The lowest BCUT2D eigenvalue weighted by Crippen LogP contribution is -2.06. The van der Waals surface area contributed by atoms with Crippen molar-refractivity contribution in [3.8, 4) is 0 Å². The lowest BCUT2D eigenvalue weighted by molar-refractivity contribution is -0.136. The number of alkyl halides is 3. The fraction of sp³-hybridized carbons (Fsp3) is 0.100. The van der Waals surface area contributed by atoms with Crippen LogP contribution in [0.25, 0.3) is 10.9 Å². The molecule has 5 heteroatoms. The summed E-state index contributed by atoms with van der Waals surface area (Å²) in [5, 5.41) is 0.150. The summed E-state index contributed by atoms with van der Waals surface area (Å²) in [6, 6.07) is 5.77. The normalized spacial score (nSPS) is 12.0. The van der Waals surface area contributed by atoms with Gasteiger partial charge in [0.05, 0.1) is 11.1 Å². The first-order valence-corrected chi connectivity index (χ1v) is 5.18. The van der Waals surface area contributed by atoms with Crippen molar-refractivity contribution in [1.82, 2.24) is 4.98 Å². The summed E-state index contributed by atoms with van der Waals surface area (Å²) in [5.74, 6) is 0. The minimum atomic E-state index is -4.33. The Balaban J connectivity index is 2.83. The predicted octanol–water partition coefficient (Wildman–Crippen LogP) is 3.86. The average molecular weight is 323 g/mol. The van der Waals surface area contributed by atoms with Gasteiger partial charge >= 0.3 is 6.18 Å². The van der Waals surface area contributed by atoms with Crippen LogP contribution in [-0.4, -0.2) is 4.98 Å². The molecule has 0 saturated heterocycles. The molecule has 78 valence electrons. The topological polar surface area (TPSA) is 12.9 Å². The van der Waals surface area contributed by atoms with E-state index in [4.69, 9.17) is 0 Å². The van der Waals surface area contributed by atoms with Crippen LogP contribution in [0.2, 0.25) is 0 Å². The minimum Gasteiger partial charge on any atom is -0.255 e. The van der Waals surface area contributed by atoms with Gasteiger partial charge in [-0.15, -0.1) is 0 Å². The SMILES string of the molecule is FC(F)(F)c1ccnc2c(I)cccc12. The molecule has 0 bridgehead atoms. The second-order valence-electron chi connectivity index (χ2n) is 2.99. The highest BCUT2D eigenvalue weighted by molar-refractivity contribution is 14.1. The third-order valence-corrected chi connectivity index (χ3v) is 2.90. The van der Waals surface area contributed by atoms with Crippen LogP contribution in [0.15, 0.2) is 30.5 Å². The van der Waals surface area contributed by atoms with E-state index in [0.29, 0.717) is 5.52 Å². The van der Waals surface area contributed by atoms with Gasteiger partial charge in [0.1, 0.15) is 0 Å². The van der Waals surface area contributed by atoms with Crippen LogP contribution in [0, 0.1) is 3.57 Å². The summed E-state index contributed by atoms with van der Waals surface area (Å²) in [6.07, 6.45) is -3.14. The molecule has 0 N–H and O–H groups in total. The standard InChI is InChI=1S/C10H5F3IN/c11-10(12,13)7-4-5-15-9-6(7)2-1-3-8(9)14/h1-5H. The fourth-order valence-electron chi connectivity index (χ4n) is 1.39. The first kappa shape index (κ1) is 10.7. The lowest BCUT2D eigenvalue weighted by Gasteiger charge is -2.09. The van der Waals surface area contributed by atoms with Crippen molar-refractivity contribution in [2.45, 2.75) is 6.18 Å². The van der Waals surface area contributed by atoms with Gasteiger partial charge in [-0.1, -0.05) is 12.1 Å². The Labute approximate surface area is 97.5 Å². The maximum absolute atomic E-state index is 12.6. The molecule has 2 rings (SSSR count). The van der Waals surface area contributed by atoms with Crippen LogP contribution in [0.5, 0.6) is 0 Å². The van der Waals surface area contributed by atoms with E-state index in [1.54, 1.807) is 12.1 Å². The zero-order chi connectivity index (χ0) is 11.1. The van der Waals surface area contributed by atoms with E-state index in [1.165, 1.54) is 12.3 Å². The van der Waals surface area contributed by atoms with E-state index < -0.39 is 11.7 Å². The number of hydrogen-bond donors (Lipinski definition) is 0. The molecule has 0 aliphatic rings. The summed E-state index contributed by atoms with van der Waals surface area (Å²) >= 11 is 1.97. The van der Waals surface area contributed by atoms with Crippen molar-refractivity contribution in [2.75, 3.05) is 0 Å². The Morgan fingerprint density at radius 1 is 1.13 bits per heavy atom. The number of aromatic nitrogens is 1. The summed E-state index contributed by atoms with van der Waals surface area (Å²) < 4.78 is 38.6. The number of benzene rings is 1. The van der Waals surface area contributed by atoms with E-state index >= 15 is 0 Å². The third-order valence-electron chi connectivity index (χ3n) is 2.03. The van der Waals surface area contributed by atoms with Crippen molar-refractivity contribution in [3.05, 3.63) is 39.6 Å². The zero-order valence-electron chi connectivity index (χ0n) is 7.35. The molecule has 0 radical (unpaired) electrons. The highest BCUT2D eigenvalue weighted by Gasteiger charge is 2.32. The number of fused-ring (bicyclic) bond motifs is 1. The molecule has 15 heavy (non-hydrogen) atoms. The van der Waals surface area contributed by atoms with Crippen molar-refractivity contribution in [3.63, 3.8) is 0 Å². The first-order chi connectivity index (χ1) is 7.00. The molecule has 0 fully saturated rings. The first-order valence-electron chi connectivity index (χ1n) is 4.10.